The number of benzene rings is 3. The third-order valence-corrected chi connectivity index (χ3v) is 4.24. The van der Waals surface area contributed by atoms with Gasteiger partial charge in [-0.2, -0.15) is 0 Å². The molecule has 0 saturated carbocycles. The minimum atomic E-state index is -0.528. The van der Waals surface area contributed by atoms with Crippen LogP contribution in [0.2, 0.25) is 0 Å². The molecule has 0 aliphatic carbocycles. The van der Waals surface area contributed by atoms with Gasteiger partial charge in [0.1, 0.15) is 0 Å². The fourth-order valence-corrected chi connectivity index (χ4v) is 2.74. The lowest BCUT2D eigenvalue weighted by molar-refractivity contribution is -0.386. The van der Waals surface area contributed by atoms with Crippen LogP contribution in [0, 0.1) is 17.0 Å². The van der Waals surface area contributed by atoms with Gasteiger partial charge in [-0.15, -0.1) is 0 Å². The van der Waals surface area contributed by atoms with Crippen LogP contribution in [-0.4, -0.2) is 23.2 Å². The first-order valence-corrected chi connectivity index (χ1v) is 8.82. The second-order valence-electron chi connectivity index (χ2n) is 6.29. The number of anilines is 1. The second-order valence-corrected chi connectivity index (χ2v) is 6.29. The number of nitrogens with one attached hydrogen (secondary N) is 1. The molecular weight excluding hydrogens is 372 g/mol. The topological polar surface area (TPSA) is 98.5 Å². The summed E-state index contributed by atoms with van der Waals surface area (Å²) < 4.78 is 5.39. The number of nitro benzene ring substituents is 1. The third kappa shape index (κ3) is 4.84. The van der Waals surface area contributed by atoms with Crippen molar-refractivity contribution in [3.63, 3.8) is 0 Å². The van der Waals surface area contributed by atoms with Crippen molar-refractivity contribution in [1.82, 2.24) is 0 Å². The lowest BCUT2D eigenvalue weighted by atomic mass is 10.1. The molecule has 0 atom stereocenters. The number of rotatable bonds is 7. The quantitative estimate of drug-likeness (QED) is 0.366. The minimum Gasteiger partial charge on any atom is -0.478 e. The van der Waals surface area contributed by atoms with E-state index >= 15 is 0 Å². The van der Waals surface area contributed by atoms with Crippen molar-refractivity contribution >= 4 is 23.1 Å². The lowest BCUT2D eigenvalue weighted by Gasteiger charge is -2.09. The summed E-state index contributed by atoms with van der Waals surface area (Å²) in [6.45, 7) is 1.27. The van der Waals surface area contributed by atoms with Crippen molar-refractivity contribution in [2.24, 2.45) is 0 Å². The number of hydrogen-bond acceptors (Lipinski definition) is 5. The number of para-hydroxylation sites is 1. The Hall–Kier alpha value is -4.00. The van der Waals surface area contributed by atoms with Gasteiger partial charge in [0.25, 0.3) is 5.91 Å². The highest BCUT2D eigenvalue weighted by Crippen LogP contribution is 2.30. The highest BCUT2D eigenvalue weighted by molar-refractivity contribution is 6.04. The van der Waals surface area contributed by atoms with Crippen LogP contribution in [0.25, 0.3) is 0 Å². The number of hydrogen-bond donors (Lipinski definition) is 1. The molecule has 3 aromatic rings. The molecule has 0 aliphatic rings. The summed E-state index contributed by atoms with van der Waals surface area (Å²) in [6.07, 6.45) is 0. The zero-order valence-electron chi connectivity index (χ0n) is 15.6. The standard InChI is InChI=1S/C22H18N2O5/c1-15-6-5-9-20(21(15)24(27)28)29-14-19(25)16-10-12-18(13-11-16)23-22(26)17-7-3-2-4-8-17/h2-13H,14H2,1H3,(H,23,26). The predicted octanol–water partition coefficient (Wildman–Crippen LogP) is 4.42. The SMILES string of the molecule is Cc1cccc(OCC(=O)c2ccc(NC(=O)c3ccccc3)cc2)c1[N+](=O)[O-]. The van der Waals surface area contributed by atoms with E-state index in [1.807, 2.05) is 6.07 Å². The van der Waals surface area contributed by atoms with Crippen molar-refractivity contribution in [2.75, 3.05) is 11.9 Å². The Morgan fingerprint density at radius 1 is 0.931 bits per heavy atom. The van der Waals surface area contributed by atoms with E-state index in [0.29, 0.717) is 22.4 Å². The number of carbonyl (C=O) groups excluding carboxylic acids is 2. The third-order valence-electron chi connectivity index (χ3n) is 4.24. The van der Waals surface area contributed by atoms with E-state index in [4.69, 9.17) is 4.74 Å². The Kier molecular flexibility index (Phi) is 5.99. The average molecular weight is 390 g/mol. The number of nitro groups is 1. The van der Waals surface area contributed by atoms with Crippen LogP contribution in [0.4, 0.5) is 11.4 Å². The number of amides is 1. The van der Waals surface area contributed by atoms with Crippen molar-refractivity contribution < 1.29 is 19.2 Å². The number of nitrogens with zero attached hydrogens (tertiary/aromatic N) is 1. The van der Waals surface area contributed by atoms with E-state index in [1.54, 1.807) is 67.6 Å². The van der Waals surface area contributed by atoms with E-state index in [1.165, 1.54) is 6.07 Å². The molecular formula is C22H18N2O5. The molecule has 0 heterocycles. The van der Waals surface area contributed by atoms with Gasteiger partial charge < -0.3 is 10.1 Å². The first kappa shape index (κ1) is 19.8. The number of ether oxygens (including phenoxy) is 1. The average Bonchev–Trinajstić information content (AvgIpc) is 2.73. The molecule has 0 aliphatic heterocycles. The van der Waals surface area contributed by atoms with E-state index < -0.39 is 4.92 Å². The molecule has 29 heavy (non-hydrogen) atoms. The molecule has 1 N–H and O–H groups in total. The molecule has 0 spiro atoms. The molecule has 0 fully saturated rings. The van der Waals surface area contributed by atoms with Gasteiger partial charge in [0.15, 0.2) is 18.1 Å². The molecule has 7 heteroatoms. The molecule has 0 aromatic heterocycles. The zero-order valence-corrected chi connectivity index (χ0v) is 15.6. The highest BCUT2D eigenvalue weighted by Gasteiger charge is 2.19. The predicted molar refractivity (Wildman–Crippen MR) is 108 cm³/mol. The Labute approximate surface area is 167 Å². The number of ketones is 1. The molecule has 7 nitrogen and oxygen atoms in total. The second kappa shape index (κ2) is 8.79. The van der Waals surface area contributed by atoms with Crippen molar-refractivity contribution in [3.05, 3.63) is 99.6 Å². The highest BCUT2D eigenvalue weighted by atomic mass is 16.6. The molecule has 3 rings (SSSR count). The van der Waals surface area contributed by atoms with Crippen molar-refractivity contribution in [2.45, 2.75) is 6.92 Å². The summed E-state index contributed by atoms with van der Waals surface area (Å²) >= 11 is 0. The Balaban J connectivity index is 1.63. The van der Waals surface area contributed by atoms with Gasteiger partial charge in [-0.25, -0.2) is 0 Å². The maximum Gasteiger partial charge on any atom is 0.313 e. The molecule has 0 saturated heterocycles. The van der Waals surface area contributed by atoms with E-state index in [9.17, 15) is 19.7 Å². The number of aryl methyl sites for hydroxylation is 1. The Morgan fingerprint density at radius 2 is 1.62 bits per heavy atom. The minimum absolute atomic E-state index is 0.0510. The Bertz CT molecular complexity index is 1050. The van der Waals surface area contributed by atoms with Crippen LogP contribution in [0.3, 0.4) is 0 Å². The van der Waals surface area contributed by atoms with Crippen LogP contribution in [0.15, 0.2) is 72.8 Å². The number of carbonyl (C=O) groups is 2. The summed E-state index contributed by atoms with van der Waals surface area (Å²) in [5.41, 5.74) is 1.75. The maximum absolute atomic E-state index is 12.4. The lowest BCUT2D eigenvalue weighted by Crippen LogP contribution is -2.14. The summed E-state index contributed by atoms with van der Waals surface area (Å²) in [5, 5.41) is 13.9. The van der Waals surface area contributed by atoms with Crippen LogP contribution in [0.1, 0.15) is 26.3 Å². The molecule has 1 amide bonds. The number of Topliss-reactive ketones (excluding diaryl/α,β-unsaturated/α-hetero) is 1. The normalized spacial score (nSPS) is 10.2. The van der Waals surface area contributed by atoms with Gasteiger partial charge in [0, 0.05) is 22.4 Å². The van der Waals surface area contributed by atoms with E-state index in [0.717, 1.165) is 0 Å². The fourth-order valence-electron chi connectivity index (χ4n) is 2.74. The Morgan fingerprint density at radius 3 is 2.28 bits per heavy atom. The summed E-state index contributed by atoms with van der Waals surface area (Å²) in [5.74, 6) is -0.531. The fraction of sp³-hybridized carbons (Fsp3) is 0.0909. The molecule has 0 unspecified atom stereocenters. The van der Waals surface area contributed by atoms with Crippen molar-refractivity contribution in [3.8, 4) is 5.75 Å². The first-order valence-electron chi connectivity index (χ1n) is 8.82. The van der Waals surface area contributed by atoms with Gasteiger partial charge in [-0.05, 0) is 49.4 Å². The summed E-state index contributed by atoms with van der Waals surface area (Å²) in [6, 6.07) is 19.8. The van der Waals surface area contributed by atoms with Crippen molar-refractivity contribution in [1.29, 1.82) is 0 Å². The van der Waals surface area contributed by atoms with Gasteiger partial charge in [-0.1, -0.05) is 30.3 Å². The molecule has 0 radical (unpaired) electrons. The maximum atomic E-state index is 12.4. The molecule has 3 aromatic carbocycles. The van der Waals surface area contributed by atoms with Gasteiger partial charge >= 0.3 is 5.69 Å². The summed E-state index contributed by atoms with van der Waals surface area (Å²) in [7, 11) is 0. The monoisotopic (exact) mass is 390 g/mol. The van der Waals surface area contributed by atoms with Gasteiger partial charge in [-0.3, -0.25) is 19.7 Å². The smallest absolute Gasteiger partial charge is 0.313 e. The van der Waals surface area contributed by atoms with Gasteiger partial charge in [0.2, 0.25) is 0 Å². The first-order chi connectivity index (χ1) is 14.0. The van der Waals surface area contributed by atoms with Crippen LogP contribution < -0.4 is 10.1 Å². The molecule has 0 bridgehead atoms. The van der Waals surface area contributed by atoms with Crippen LogP contribution in [0.5, 0.6) is 5.75 Å². The zero-order chi connectivity index (χ0) is 20.8. The largest absolute Gasteiger partial charge is 0.478 e. The summed E-state index contributed by atoms with van der Waals surface area (Å²) in [4.78, 5) is 35.2. The van der Waals surface area contributed by atoms with Gasteiger partial charge in [0.05, 0.1) is 4.92 Å². The van der Waals surface area contributed by atoms with E-state index in [2.05, 4.69) is 5.32 Å². The molecule has 146 valence electrons. The van der Waals surface area contributed by atoms with Crippen LogP contribution >= 0.6 is 0 Å². The van der Waals surface area contributed by atoms with E-state index in [-0.39, 0.29) is 29.7 Å². The van der Waals surface area contributed by atoms with Crippen LogP contribution in [-0.2, 0) is 0 Å².